The molecule has 2 unspecified atom stereocenters. The number of hydrogen-bond acceptors (Lipinski definition) is 4. The molecule has 5 rings (SSSR count). The number of halogens is 4. The van der Waals surface area contributed by atoms with E-state index in [4.69, 9.17) is 11.6 Å². The minimum atomic E-state index is -4.84. The predicted molar refractivity (Wildman–Crippen MR) is 112 cm³/mol. The smallest absolute Gasteiger partial charge is 0.406 e. The summed E-state index contributed by atoms with van der Waals surface area (Å²) < 4.78 is 41.3. The number of para-hydroxylation sites is 1. The molecule has 2 atom stereocenters. The van der Waals surface area contributed by atoms with Crippen LogP contribution in [0.5, 0.6) is 5.75 Å². The van der Waals surface area contributed by atoms with Gasteiger partial charge >= 0.3 is 12.4 Å². The zero-order valence-electron chi connectivity index (χ0n) is 16.6. The van der Waals surface area contributed by atoms with Gasteiger partial charge in [0, 0.05) is 11.6 Å². The number of aromatic nitrogens is 1. The summed E-state index contributed by atoms with van der Waals surface area (Å²) in [7, 11) is 0. The molecule has 1 saturated heterocycles. The minimum absolute atomic E-state index is 0.125. The van der Waals surface area contributed by atoms with Gasteiger partial charge in [0.2, 0.25) is 0 Å². The lowest BCUT2D eigenvalue weighted by Crippen LogP contribution is -2.39. The van der Waals surface area contributed by atoms with E-state index in [1.807, 2.05) is 6.92 Å². The summed E-state index contributed by atoms with van der Waals surface area (Å²) in [4.78, 5) is 33.7. The second-order valence-corrected chi connectivity index (χ2v) is 8.21. The number of carbonyl (C=O) groups is 2. The standard InChI is InChI=1S/C22H15ClF3N3O3/c1-12-10-21(12)19(30)28(13-6-8-14(9-7-13)32-22(24,25)26)20(31)29(21)18-15-4-2-3-5-17(15)27-11-16(18)23/h2-9,11-12H,10H2,1H3. The predicted octanol–water partition coefficient (Wildman–Crippen LogP) is 5.54. The zero-order chi connectivity index (χ0) is 22.8. The van der Waals surface area contributed by atoms with Gasteiger partial charge in [0.1, 0.15) is 11.3 Å². The van der Waals surface area contributed by atoms with Crippen LogP contribution in [-0.2, 0) is 4.79 Å². The number of imide groups is 1. The molecule has 2 aliphatic rings. The first-order valence-corrected chi connectivity index (χ1v) is 10.1. The zero-order valence-corrected chi connectivity index (χ0v) is 17.3. The van der Waals surface area contributed by atoms with Crippen LogP contribution < -0.4 is 14.5 Å². The van der Waals surface area contributed by atoms with Gasteiger partial charge in [-0.15, -0.1) is 13.2 Å². The Morgan fingerprint density at radius 1 is 1.12 bits per heavy atom. The van der Waals surface area contributed by atoms with Crippen LogP contribution in [0.3, 0.4) is 0 Å². The molecule has 3 aromatic rings. The number of hydrogen-bond donors (Lipinski definition) is 0. The van der Waals surface area contributed by atoms with Crippen molar-refractivity contribution in [3.05, 3.63) is 59.8 Å². The Kier molecular flexibility index (Phi) is 4.39. The number of amides is 3. The van der Waals surface area contributed by atoms with Crippen molar-refractivity contribution < 1.29 is 27.5 Å². The minimum Gasteiger partial charge on any atom is -0.406 e. The van der Waals surface area contributed by atoms with Crippen molar-refractivity contribution in [2.24, 2.45) is 5.92 Å². The molecule has 0 radical (unpaired) electrons. The van der Waals surface area contributed by atoms with Crippen molar-refractivity contribution in [1.29, 1.82) is 0 Å². The fraction of sp³-hybridized carbons (Fsp3) is 0.227. The number of nitrogens with zero attached hydrogens (tertiary/aromatic N) is 3. The van der Waals surface area contributed by atoms with Crippen molar-refractivity contribution in [3.8, 4) is 5.75 Å². The fourth-order valence-corrected chi connectivity index (χ4v) is 4.55. The largest absolute Gasteiger partial charge is 0.573 e. The maximum Gasteiger partial charge on any atom is 0.573 e. The second kappa shape index (κ2) is 6.83. The van der Waals surface area contributed by atoms with Crippen LogP contribution >= 0.6 is 11.6 Å². The van der Waals surface area contributed by atoms with Crippen LogP contribution in [0.1, 0.15) is 13.3 Å². The number of fused-ring (bicyclic) bond motifs is 1. The number of urea groups is 1. The molecule has 1 aliphatic carbocycles. The molecule has 0 N–H and O–H groups in total. The van der Waals surface area contributed by atoms with Gasteiger partial charge in [-0.3, -0.25) is 14.7 Å². The van der Waals surface area contributed by atoms with Crippen LogP contribution in [0.2, 0.25) is 5.02 Å². The van der Waals surface area contributed by atoms with Crippen LogP contribution in [-0.4, -0.2) is 28.8 Å². The SMILES string of the molecule is CC1CC12C(=O)N(c1ccc(OC(F)(F)F)cc1)C(=O)N2c1c(Cl)cnc2ccccc12. The first-order chi connectivity index (χ1) is 15.1. The molecule has 32 heavy (non-hydrogen) atoms. The normalized spacial score (nSPS) is 22.8. The van der Waals surface area contributed by atoms with E-state index in [1.54, 1.807) is 24.3 Å². The van der Waals surface area contributed by atoms with Crippen LogP contribution in [0, 0.1) is 5.92 Å². The van der Waals surface area contributed by atoms with Gasteiger partial charge in [-0.05, 0) is 42.7 Å². The van der Waals surface area contributed by atoms with E-state index in [0.29, 0.717) is 23.0 Å². The van der Waals surface area contributed by atoms with E-state index in [1.165, 1.54) is 23.2 Å². The lowest BCUT2D eigenvalue weighted by Gasteiger charge is -2.24. The average molecular weight is 462 g/mol. The van der Waals surface area contributed by atoms with Gasteiger partial charge in [0.15, 0.2) is 0 Å². The number of ether oxygens (including phenoxy) is 1. The van der Waals surface area contributed by atoms with Gasteiger partial charge in [-0.25, -0.2) is 9.69 Å². The van der Waals surface area contributed by atoms with Gasteiger partial charge < -0.3 is 4.74 Å². The van der Waals surface area contributed by atoms with Crippen LogP contribution in [0.4, 0.5) is 29.3 Å². The summed E-state index contributed by atoms with van der Waals surface area (Å²) in [5.74, 6) is -1.02. The third-order valence-electron chi connectivity index (χ3n) is 5.88. The van der Waals surface area contributed by atoms with Gasteiger partial charge in [-0.1, -0.05) is 36.7 Å². The van der Waals surface area contributed by atoms with Crippen molar-refractivity contribution in [3.63, 3.8) is 0 Å². The summed E-state index contributed by atoms with van der Waals surface area (Å²) in [5.41, 5.74) is 0.0404. The first kappa shape index (κ1) is 20.6. The summed E-state index contributed by atoms with van der Waals surface area (Å²) in [5, 5.41) is 0.842. The molecule has 2 fully saturated rings. The van der Waals surface area contributed by atoms with E-state index in [-0.39, 0.29) is 16.6 Å². The van der Waals surface area contributed by atoms with E-state index in [0.717, 1.165) is 17.0 Å². The average Bonchev–Trinajstić information content (AvgIpc) is 3.36. The molecule has 2 aromatic carbocycles. The van der Waals surface area contributed by atoms with Gasteiger partial charge in [0.05, 0.1) is 21.9 Å². The number of alkyl halides is 3. The molecule has 10 heteroatoms. The summed E-state index contributed by atoms with van der Waals surface area (Å²) in [6.45, 7) is 1.86. The molecule has 1 aliphatic heterocycles. The second-order valence-electron chi connectivity index (χ2n) is 7.80. The Bertz CT molecular complexity index is 1260. The Labute approximate surface area is 185 Å². The third kappa shape index (κ3) is 2.99. The highest BCUT2D eigenvalue weighted by atomic mass is 35.5. The summed E-state index contributed by atoms with van der Waals surface area (Å²) in [6, 6.07) is 11.1. The number of benzene rings is 2. The van der Waals surface area contributed by atoms with Crippen molar-refractivity contribution in [1.82, 2.24) is 4.98 Å². The van der Waals surface area contributed by atoms with E-state index >= 15 is 0 Å². The van der Waals surface area contributed by atoms with E-state index < -0.39 is 29.6 Å². The Morgan fingerprint density at radius 2 is 1.78 bits per heavy atom. The molecule has 1 aromatic heterocycles. The molecule has 3 amide bonds. The number of carbonyl (C=O) groups excluding carboxylic acids is 2. The van der Waals surface area contributed by atoms with Gasteiger partial charge in [-0.2, -0.15) is 0 Å². The van der Waals surface area contributed by atoms with E-state index in [9.17, 15) is 22.8 Å². The summed E-state index contributed by atoms with van der Waals surface area (Å²) >= 11 is 6.47. The Hall–Kier alpha value is -3.33. The van der Waals surface area contributed by atoms with Crippen molar-refractivity contribution in [2.45, 2.75) is 25.2 Å². The molecular weight excluding hydrogens is 447 g/mol. The summed E-state index contributed by atoms with van der Waals surface area (Å²) in [6.07, 6.45) is -2.97. The topological polar surface area (TPSA) is 62.7 Å². The molecular formula is C22H15ClF3N3O3. The quantitative estimate of drug-likeness (QED) is 0.480. The van der Waals surface area contributed by atoms with Crippen LogP contribution in [0.25, 0.3) is 10.9 Å². The number of anilines is 2. The molecule has 164 valence electrons. The van der Waals surface area contributed by atoms with Crippen molar-refractivity contribution in [2.75, 3.05) is 9.80 Å². The Balaban J connectivity index is 1.60. The fourth-order valence-electron chi connectivity index (χ4n) is 4.31. The number of rotatable bonds is 3. The Morgan fingerprint density at radius 3 is 2.41 bits per heavy atom. The highest BCUT2D eigenvalue weighted by molar-refractivity contribution is 6.39. The lowest BCUT2D eigenvalue weighted by atomic mass is 10.1. The van der Waals surface area contributed by atoms with Crippen LogP contribution in [0.15, 0.2) is 54.7 Å². The molecule has 0 bridgehead atoms. The number of pyridine rings is 1. The lowest BCUT2D eigenvalue weighted by molar-refractivity contribution is -0.274. The molecule has 2 heterocycles. The monoisotopic (exact) mass is 461 g/mol. The highest BCUT2D eigenvalue weighted by Gasteiger charge is 2.71. The first-order valence-electron chi connectivity index (χ1n) is 9.71. The molecule has 1 spiro atoms. The molecule has 6 nitrogen and oxygen atoms in total. The maximum absolute atomic E-state index is 13.6. The maximum atomic E-state index is 13.6. The van der Waals surface area contributed by atoms with Crippen molar-refractivity contribution >= 4 is 45.8 Å². The highest BCUT2D eigenvalue weighted by Crippen LogP contribution is 2.57. The van der Waals surface area contributed by atoms with E-state index in [2.05, 4.69) is 9.72 Å². The van der Waals surface area contributed by atoms with Gasteiger partial charge in [0.25, 0.3) is 5.91 Å². The molecule has 1 saturated carbocycles. The third-order valence-corrected chi connectivity index (χ3v) is 6.16.